The molecule has 0 unspecified atom stereocenters. The van der Waals surface area contributed by atoms with Gasteiger partial charge in [-0.2, -0.15) is 0 Å². The highest BCUT2D eigenvalue weighted by molar-refractivity contribution is 5.67. The summed E-state index contributed by atoms with van der Waals surface area (Å²) in [6.07, 6.45) is -2.53. The van der Waals surface area contributed by atoms with Crippen LogP contribution in [0.4, 0.5) is 0 Å². The molecule has 0 bridgehead atoms. The van der Waals surface area contributed by atoms with Crippen molar-refractivity contribution in [2.24, 2.45) is 0 Å². The van der Waals surface area contributed by atoms with Crippen LogP contribution in [0.15, 0.2) is 0 Å². The molecule has 0 aliphatic rings. The molecular weight excluding hydrogens is 124 g/mol. The highest BCUT2D eigenvalue weighted by Gasteiger charge is 2.13. The molecule has 0 aromatic rings. The standard InChI is InChI=1S/C5H10O4/c1-3(6)4(7)2-5(8)9/h3-4,6-7H,2H2,1H3,(H,8,9)/t3-,4+/m0/s1. The Labute approximate surface area is 52.7 Å². The van der Waals surface area contributed by atoms with Gasteiger partial charge in [0.05, 0.1) is 18.6 Å². The second-order valence-electron chi connectivity index (χ2n) is 1.91. The second-order valence-corrected chi connectivity index (χ2v) is 1.91. The van der Waals surface area contributed by atoms with Gasteiger partial charge in [-0.3, -0.25) is 4.79 Å². The number of hydrogen-bond donors (Lipinski definition) is 3. The number of rotatable bonds is 3. The van der Waals surface area contributed by atoms with Gasteiger partial charge in [0.15, 0.2) is 0 Å². The van der Waals surface area contributed by atoms with Crippen molar-refractivity contribution in [3.8, 4) is 0 Å². The lowest BCUT2D eigenvalue weighted by molar-refractivity contribution is -0.140. The Bertz CT molecular complexity index is 99.1. The van der Waals surface area contributed by atoms with Gasteiger partial charge in [0.1, 0.15) is 0 Å². The van der Waals surface area contributed by atoms with Crippen LogP contribution in [0.3, 0.4) is 0 Å². The van der Waals surface area contributed by atoms with Crippen LogP contribution in [0.1, 0.15) is 13.3 Å². The maximum Gasteiger partial charge on any atom is 0.306 e. The van der Waals surface area contributed by atoms with E-state index in [1.165, 1.54) is 6.92 Å². The lowest BCUT2D eigenvalue weighted by Gasteiger charge is -2.09. The molecular formula is C5H10O4. The minimum Gasteiger partial charge on any atom is -0.481 e. The van der Waals surface area contributed by atoms with Crippen molar-refractivity contribution < 1.29 is 20.1 Å². The monoisotopic (exact) mass is 134 g/mol. The minimum atomic E-state index is -1.15. The van der Waals surface area contributed by atoms with Crippen molar-refractivity contribution in [1.29, 1.82) is 0 Å². The lowest BCUT2D eigenvalue weighted by Crippen LogP contribution is -2.25. The molecule has 3 N–H and O–H groups in total. The van der Waals surface area contributed by atoms with E-state index >= 15 is 0 Å². The third-order valence-electron chi connectivity index (χ3n) is 0.941. The van der Waals surface area contributed by atoms with E-state index < -0.39 is 24.6 Å². The number of carboxylic acids is 1. The van der Waals surface area contributed by atoms with Crippen molar-refractivity contribution in [1.82, 2.24) is 0 Å². The van der Waals surface area contributed by atoms with Crippen molar-refractivity contribution in [2.75, 3.05) is 0 Å². The van der Waals surface area contributed by atoms with Crippen LogP contribution in [-0.4, -0.2) is 33.5 Å². The molecule has 0 fully saturated rings. The van der Waals surface area contributed by atoms with Crippen LogP contribution in [0, 0.1) is 0 Å². The first-order valence-electron chi connectivity index (χ1n) is 2.62. The Morgan fingerprint density at radius 1 is 1.56 bits per heavy atom. The molecule has 0 radical (unpaired) electrons. The van der Waals surface area contributed by atoms with Crippen molar-refractivity contribution in [3.63, 3.8) is 0 Å². The van der Waals surface area contributed by atoms with E-state index in [9.17, 15) is 4.79 Å². The number of aliphatic hydroxyl groups excluding tert-OH is 2. The van der Waals surface area contributed by atoms with Gasteiger partial charge < -0.3 is 15.3 Å². The van der Waals surface area contributed by atoms with E-state index in [0.29, 0.717) is 0 Å². The zero-order valence-electron chi connectivity index (χ0n) is 5.11. The predicted octanol–water partition coefficient (Wildman–Crippen LogP) is -0.797. The Balaban J connectivity index is 3.50. The summed E-state index contributed by atoms with van der Waals surface area (Å²) < 4.78 is 0. The van der Waals surface area contributed by atoms with Crippen molar-refractivity contribution in [3.05, 3.63) is 0 Å². The highest BCUT2D eigenvalue weighted by Crippen LogP contribution is 1.96. The van der Waals surface area contributed by atoms with Crippen LogP contribution in [0.5, 0.6) is 0 Å². The lowest BCUT2D eigenvalue weighted by atomic mass is 10.2. The summed E-state index contributed by atoms with van der Waals surface area (Å²) >= 11 is 0. The highest BCUT2D eigenvalue weighted by atomic mass is 16.4. The van der Waals surface area contributed by atoms with E-state index in [-0.39, 0.29) is 0 Å². The quantitative estimate of drug-likeness (QED) is 0.472. The molecule has 4 heteroatoms. The van der Waals surface area contributed by atoms with E-state index in [4.69, 9.17) is 15.3 Å². The normalized spacial score (nSPS) is 16.8. The molecule has 9 heavy (non-hydrogen) atoms. The molecule has 0 rings (SSSR count). The second kappa shape index (κ2) is 3.42. The van der Waals surface area contributed by atoms with Crippen LogP contribution < -0.4 is 0 Å². The average Bonchev–Trinajstić information content (AvgIpc) is 1.63. The van der Waals surface area contributed by atoms with E-state index in [2.05, 4.69) is 0 Å². The first-order chi connectivity index (χ1) is 4.04. The minimum absolute atomic E-state index is 0.405. The Morgan fingerprint density at radius 2 is 2.00 bits per heavy atom. The Hall–Kier alpha value is -0.610. The third-order valence-corrected chi connectivity index (χ3v) is 0.941. The van der Waals surface area contributed by atoms with Gasteiger partial charge in [-0.1, -0.05) is 0 Å². The van der Waals surface area contributed by atoms with Crippen molar-refractivity contribution >= 4 is 5.97 Å². The number of carboxylic acid groups (broad SMARTS) is 1. The molecule has 0 aromatic carbocycles. The Morgan fingerprint density at radius 3 is 2.11 bits per heavy atom. The largest absolute Gasteiger partial charge is 0.481 e. The summed E-state index contributed by atoms with van der Waals surface area (Å²) in [4.78, 5) is 9.84. The molecule has 54 valence electrons. The van der Waals surface area contributed by atoms with Gasteiger partial charge in [0.2, 0.25) is 0 Å². The predicted molar refractivity (Wildman–Crippen MR) is 29.9 cm³/mol. The van der Waals surface area contributed by atoms with Crippen molar-refractivity contribution in [2.45, 2.75) is 25.6 Å². The zero-order chi connectivity index (χ0) is 7.44. The topological polar surface area (TPSA) is 77.8 Å². The van der Waals surface area contributed by atoms with Gasteiger partial charge in [0.25, 0.3) is 0 Å². The number of hydrogen-bond acceptors (Lipinski definition) is 3. The first kappa shape index (κ1) is 8.39. The number of aliphatic hydroxyl groups is 2. The van der Waals surface area contributed by atoms with E-state index in [0.717, 1.165) is 0 Å². The fourth-order valence-corrected chi connectivity index (χ4v) is 0.349. The summed E-state index contributed by atoms with van der Waals surface area (Å²) in [5, 5.41) is 25.3. The van der Waals surface area contributed by atoms with Gasteiger partial charge in [-0.05, 0) is 6.92 Å². The van der Waals surface area contributed by atoms with E-state index in [1.807, 2.05) is 0 Å². The smallest absolute Gasteiger partial charge is 0.306 e. The molecule has 0 aliphatic heterocycles. The fourth-order valence-electron chi connectivity index (χ4n) is 0.349. The van der Waals surface area contributed by atoms with Gasteiger partial charge in [-0.25, -0.2) is 0 Å². The molecule has 0 spiro atoms. The summed E-state index contributed by atoms with van der Waals surface area (Å²) in [7, 11) is 0. The van der Waals surface area contributed by atoms with Crippen LogP contribution in [-0.2, 0) is 4.79 Å². The number of aliphatic carboxylic acids is 1. The molecule has 0 saturated heterocycles. The molecule has 0 aliphatic carbocycles. The van der Waals surface area contributed by atoms with Gasteiger partial charge in [-0.15, -0.1) is 0 Å². The Kier molecular flexibility index (Phi) is 3.19. The molecule has 0 amide bonds. The molecule has 2 atom stereocenters. The van der Waals surface area contributed by atoms with Gasteiger partial charge in [0, 0.05) is 0 Å². The molecule has 0 saturated carbocycles. The third kappa shape index (κ3) is 3.93. The average molecular weight is 134 g/mol. The fraction of sp³-hybridized carbons (Fsp3) is 0.800. The van der Waals surface area contributed by atoms with Crippen LogP contribution >= 0.6 is 0 Å². The summed E-state index contributed by atoms with van der Waals surface area (Å²) in [5.74, 6) is -1.11. The molecule has 0 heterocycles. The van der Waals surface area contributed by atoms with Gasteiger partial charge >= 0.3 is 5.97 Å². The SMILES string of the molecule is C[C@H](O)[C@H](O)CC(=O)O. The zero-order valence-corrected chi connectivity index (χ0v) is 5.11. The molecule has 4 nitrogen and oxygen atoms in total. The maximum atomic E-state index is 9.84. The summed E-state index contributed by atoms with van der Waals surface area (Å²) in [6.45, 7) is 1.34. The molecule has 0 aromatic heterocycles. The van der Waals surface area contributed by atoms with Crippen LogP contribution in [0.2, 0.25) is 0 Å². The summed E-state index contributed by atoms with van der Waals surface area (Å²) in [5.41, 5.74) is 0. The first-order valence-corrected chi connectivity index (χ1v) is 2.62. The maximum absolute atomic E-state index is 9.84. The summed E-state index contributed by atoms with van der Waals surface area (Å²) in [6, 6.07) is 0. The van der Waals surface area contributed by atoms with Crippen LogP contribution in [0.25, 0.3) is 0 Å². The number of carbonyl (C=O) groups is 1. The van der Waals surface area contributed by atoms with E-state index in [1.54, 1.807) is 0 Å².